The van der Waals surface area contributed by atoms with Crippen molar-refractivity contribution in [2.24, 2.45) is 12.9 Å². The molecule has 2 heterocycles. The summed E-state index contributed by atoms with van der Waals surface area (Å²) in [6, 6.07) is 2.20. The van der Waals surface area contributed by atoms with Crippen LogP contribution >= 0.6 is 27.3 Å². The van der Waals surface area contributed by atoms with Crippen LogP contribution in [0.25, 0.3) is 0 Å². The van der Waals surface area contributed by atoms with Gasteiger partial charge < -0.3 is 0 Å². The van der Waals surface area contributed by atoms with Gasteiger partial charge in [0.15, 0.2) is 4.60 Å². The first-order chi connectivity index (χ1) is 8.70. The number of hydrogen-bond donors (Lipinski definition) is 2. The lowest BCUT2D eigenvalue weighted by atomic mass is 10.1. The van der Waals surface area contributed by atoms with Crippen LogP contribution in [0.15, 0.2) is 10.7 Å². The lowest BCUT2D eigenvalue weighted by molar-refractivity contribution is 0.575. The maximum Gasteiger partial charge on any atom is 0.153 e. The molecule has 96 valence electrons. The molecule has 1 aliphatic carbocycles. The maximum absolute atomic E-state index is 5.72. The molecule has 1 atom stereocenters. The molecule has 3 rings (SSSR count). The molecular weight excluding hydrogens is 314 g/mol. The average Bonchev–Trinajstić information content (AvgIpc) is 2.99. The van der Waals surface area contributed by atoms with Crippen molar-refractivity contribution in [2.75, 3.05) is 0 Å². The Morgan fingerprint density at radius 1 is 1.56 bits per heavy atom. The molecule has 0 fully saturated rings. The first-order valence-electron chi connectivity index (χ1n) is 5.83. The van der Waals surface area contributed by atoms with Gasteiger partial charge in [-0.05, 0) is 46.8 Å². The molecule has 5 nitrogen and oxygen atoms in total. The van der Waals surface area contributed by atoms with Crippen LogP contribution in [-0.4, -0.2) is 15.0 Å². The molecule has 1 aliphatic rings. The van der Waals surface area contributed by atoms with Crippen LogP contribution in [0.3, 0.4) is 0 Å². The first kappa shape index (κ1) is 12.3. The zero-order valence-corrected chi connectivity index (χ0v) is 12.4. The van der Waals surface area contributed by atoms with Gasteiger partial charge in [0.25, 0.3) is 0 Å². The van der Waals surface area contributed by atoms with Gasteiger partial charge in [0.1, 0.15) is 0 Å². The lowest BCUT2D eigenvalue weighted by Gasteiger charge is -2.14. The van der Waals surface area contributed by atoms with E-state index in [0.29, 0.717) is 0 Å². The molecule has 0 aromatic carbocycles. The topological polar surface area (TPSA) is 68.8 Å². The number of halogens is 1. The summed E-state index contributed by atoms with van der Waals surface area (Å²) in [7, 11) is 1.87. The van der Waals surface area contributed by atoms with Crippen molar-refractivity contribution >= 4 is 27.3 Å². The maximum atomic E-state index is 5.72. The molecule has 1 unspecified atom stereocenters. The fourth-order valence-electron chi connectivity index (χ4n) is 2.44. The van der Waals surface area contributed by atoms with Crippen molar-refractivity contribution in [1.29, 1.82) is 0 Å². The normalized spacial score (nSPS) is 15.9. The quantitative estimate of drug-likeness (QED) is 0.664. The number of rotatable bonds is 3. The van der Waals surface area contributed by atoms with Gasteiger partial charge in [0, 0.05) is 16.8 Å². The van der Waals surface area contributed by atoms with E-state index in [1.165, 1.54) is 34.6 Å². The predicted molar refractivity (Wildman–Crippen MR) is 74.2 cm³/mol. The Morgan fingerprint density at radius 2 is 2.39 bits per heavy atom. The van der Waals surface area contributed by atoms with E-state index in [1.54, 1.807) is 4.68 Å². The van der Waals surface area contributed by atoms with Gasteiger partial charge in [-0.25, -0.2) is 10.1 Å². The van der Waals surface area contributed by atoms with Gasteiger partial charge in [0.2, 0.25) is 0 Å². The highest BCUT2D eigenvalue weighted by molar-refractivity contribution is 9.10. The van der Waals surface area contributed by atoms with Crippen LogP contribution in [-0.2, 0) is 19.9 Å². The standard InChI is InChI=1S/C11H14BrN5S/c1-17-10(11(12)15-16-17)9(14-13)8-5-6-3-2-4-7(6)18-8/h5,9,14H,2-4,13H2,1H3. The Bertz CT molecular complexity index is 535. The van der Waals surface area contributed by atoms with Gasteiger partial charge in [-0.3, -0.25) is 5.84 Å². The molecule has 0 amide bonds. The number of hydrogen-bond acceptors (Lipinski definition) is 5. The highest BCUT2D eigenvalue weighted by Gasteiger charge is 2.25. The van der Waals surface area contributed by atoms with E-state index in [0.717, 1.165) is 10.3 Å². The summed E-state index contributed by atoms with van der Waals surface area (Å²) in [6.45, 7) is 0. The van der Waals surface area contributed by atoms with Crippen molar-refractivity contribution in [3.63, 3.8) is 0 Å². The summed E-state index contributed by atoms with van der Waals surface area (Å²) in [5.41, 5.74) is 5.30. The molecule has 7 heteroatoms. The van der Waals surface area contributed by atoms with E-state index in [-0.39, 0.29) is 6.04 Å². The van der Waals surface area contributed by atoms with E-state index < -0.39 is 0 Å². The molecule has 0 saturated carbocycles. The van der Waals surface area contributed by atoms with Gasteiger partial charge in [-0.15, -0.1) is 16.4 Å². The van der Waals surface area contributed by atoms with Gasteiger partial charge in [-0.1, -0.05) is 5.21 Å². The Balaban J connectivity index is 2.02. The van der Waals surface area contributed by atoms with Crippen LogP contribution in [0, 0.1) is 0 Å². The van der Waals surface area contributed by atoms with E-state index >= 15 is 0 Å². The minimum atomic E-state index is -0.0602. The SMILES string of the molecule is Cn1nnc(Br)c1C(NN)c1cc2c(s1)CCC2. The number of thiophene rings is 1. The van der Waals surface area contributed by atoms with Gasteiger partial charge >= 0.3 is 0 Å². The second-order valence-electron chi connectivity index (χ2n) is 4.44. The zero-order valence-electron chi connectivity index (χ0n) is 9.98. The number of nitrogens with one attached hydrogen (secondary N) is 1. The van der Waals surface area contributed by atoms with Crippen molar-refractivity contribution in [3.8, 4) is 0 Å². The van der Waals surface area contributed by atoms with Crippen molar-refractivity contribution < 1.29 is 0 Å². The summed E-state index contributed by atoms with van der Waals surface area (Å²) < 4.78 is 2.49. The average molecular weight is 328 g/mol. The highest BCUT2D eigenvalue weighted by atomic mass is 79.9. The molecule has 0 aliphatic heterocycles. The summed E-state index contributed by atoms with van der Waals surface area (Å²) in [4.78, 5) is 2.73. The van der Waals surface area contributed by atoms with Gasteiger partial charge in [0.05, 0.1) is 11.7 Å². The Morgan fingerprint density at radius 3 is 3.00 bits per heavy atom. The largest absolute Gasteiger partial charge is 0.270 e. The smallest absolute Gasteiger partial charge is 0.153 e. The summed E-state index contributed by atoms with van der Waals surface area (Å²) >= 11 is 5.26. The van der Waals surface area contributed by atoms with Gasteiger partial charge in [-0.2, -0.15) is 0 Å². The van der Waals surface area contributed by atoms with Crippen LogP contribution in [0.2, 0.25) is 0 Å². The van der Waals surface area contributed by atoms with E-state index in [1.807, 2.05) is 18.4 Å². The van der Waals surface area contributed by atoms with Crippen LogP contribution in [0.1, 0.15) is 33.5 Å². The Kier molecular flexibility index (Phi) is 3.23. The highest BCUT2D eigenvalue weighted by Crippen LogP contribution is 2.36. The van der Waals surface area contributed by atoms with Crippen LogP contribution in [0.4, 0.5) is 0 Å². The monoisotopic (exact) mass is 327 g/mol. The van der Waals surface area contributed by atoms with E-state index in [2.05, 4.69) is 37.7 Å². The molecule has 2 aromatic heterocycles. The molecule has 0 bridgehead atoms. The third kappa shape index (κ3) is 1.91. The van der Waals surface area contributed by atoms with Crippen molar-refractivity contribution in [2.45, 2.75) is 25.3 Å². The fourth-order valence-corrected chi connectivity index (χ4v) is 4.31. The Labute approximate surface area is 117 Å². The summed E-state index contributed by atoms with van der Waals surface area (Å²) in [5, 5.41) is 8.02. The second kappa shape index (κ2) is 4.73. The number of aryl methyl sites for hydroxylation is 3. The molecular formula is C11H14BrN5S. The third-order valence-electron chi connectivity index (χ3n) is 3.32. The van der Waals surface area contributed by atoms with E-state index in [4.69, 9.17) is 5.84 Å². The minimum absolute atomic E-state index is 0.0602. The first-order valence-corrected chi connectivity index (χ1v) is 7.44. The van der Waals surface area contributed by atoms with Crippen LogP contribution in [0.5, 0.6) is 0 Å². The summed E-state index contributed by atoms with van der Waals surface area (Å²) in [6.07, 6.45) is 3.66. The zero-order chi connectivity index (χ0) is 12.7. The predicted octanol–water partition coefficient (Wildman–Crippen LogP) is 1.68. The number of hydrazine groups is 1. The van der Waals surface area contributed by atoms with E-state index in [9.17, 15) is 0 Å². The molecule has 0 spiro atoms. The molecule has 3 N–H and O–H groups in total. The second-order valence-corrected chi connectivity index (χ2v) is 6.36. The molecule has 18 heavy (non-hydrogen) atoms. The van der Waals surface area contributed by atoms with Crippen molar-refractivity contribution in [1.82, 2.24) is 20.4 Å². The number of aromatic nitrogens is 3. The fraction of sp³-hybridized carbons (Fsp3) is 0.455. The third-order valence-corrected chi connectivity index (χ3v) is 5.18. The number of fused-ring (bicyclic) bond motifs is 1. The minimum Gasteiger partial charge on any atom is -0.270 e. The molecule has 2 aromatic rings. The lowest BCUT2D eigenvalue weighted by Crippen LogP contribution is -2.30. The number of nitrogens with two attached hydrogens (primary N) is 1. The summed E-state index contributed by atoms with van der Waals surface area (Å²) in [5.74, 6) is 5.72. The molecule has 0 saturated heterocycles. The van der Waals surface area contributed by atoms with Crippen LogP contribution < -0.4 is 11.3 Å². The number of nitrogens with zero attached hydrogens (tertiary/aromatic N) is 3. The molecule has 0 radical (unpaired) electrons. The Hall–Kier alpha value is -0.760. The van der Waals surface area contributed by atoms with Crippen molar-refractivity contribution in [3.05, 3.63) is 31.7 Å².